The number of hydrogen-bond acceptors (Lipinski definition) is 47. The van der Waals surface area contributed by atoms with Crippen LogP contribution in [0.2, 0.25) is 0 Å². The van der Waals surface area contributed by atoms with Crippen molar-refractivity contribution < 1.29 is 239 Å². The highest BCUT2D eigenvalue weighted by molar-refractivity contribution is 5.75. The third kappa shape index (κ3) is 17.6. The van der Waals surface area contributed by atoms with Gasteiger partial charge < -0.3 is 234 Å². The summed E-state index contributed by atoms with van der Waals surface area (Å²) in [6.45, 7) is -10.5. The molecule has 1 unspecified atom stereocenters. The first kappa shape index (κ1) is 85.6. The first-order valence-corrected chi connectivity index (χ1v) is 32.7. The van der Waals surface area contributed by atoms with Crippen LogP contribution in [0.1, 0.15) is 6.42 Å². The first-order valence-electron chi connectivity index (χ1n) is 32.7. The Morgan fingerprint density at radius 3 is 0.971 bits per heavy atom. The van der Waals surface area contributed by atoms with E-state index in [0.29, 0.717) is 0 Å². The van der Waals surface area contributed by atoms with Gasteiger partial charge in [0.05, 0.1) is 65.6 Å². The van der Waals surface area contributed by atoms with Crippen LogP contribution < -0.4 is 0 Å². The molecule has 0 spiro atoms. The molecular weight excluding hydrogens is 1440 g/mol. The zero-order valence-corrected chi connectivity index (χ0v) is 54.2. The molecule has 30 N–H and O–H groups in total. The second-order valence-electron chi connectivity index (χ2n) is 26.2. The van der Waals surface area contributed by atoms with Crippen molar-refractivity contribution in [1.29, 1.82) is 0 Å². The maximum Gasteiger partial charge on any atom is 0.364 e. The number of ether oxygens (including phenoxy) is 17. The summed E-state index contributed by atoms with van der Waals surface area (Å²) < 4.78 is 98.7. The van der Waals surface area contributed by atoms with Crippen molar-refractivity contribution >= 4 is 5.97 Å². The third-order valence-electron chi connectivity index (χ3n) is 19.3. The van der Waals surface area contributed by atoms with Gasteiger partial charge in [-0.15, -0.1) is 0 Å². The Balaban J connectivity index is 1.09. The molecule has 0 amide bonds. The summed E-state index contributed by atoms with van der Waals surface area (Å²) in [5.74, 6) is -5.50. The van der Waals surface area contributed by atoms with Gasteiger partial charge in [-0.05, 0) is 0 Å². The van der Waals surface area contributed by atoms with Gasteiger partial charge in [-0.25, -0.2) is 4.79 Å². The lowest BCUT2D eigenvalue weighted by Crippen LogP contribution is -2.70. The zero-order chi connectivity index (χ0) is 76.6. The van der Waals surface area contributed by atoms with Crippen molar-refractivity contribution in [1.82, 2.24) is 0 Å². The summed E-state index contributed by atoms with van der Waals surface area (Å²) in [6.07, 6.45) is -98.5. The molecule has 9 aliphatic heterocycles. The Morgan fingerprint density at radius 2 is 0.596 bits per heavy atom. The van der Waals surface area contributed by atoms with Gasteiger partial charge in [-0.1, -0.05) is 0 Å². The van der Waals surface area contributed by atoms with E-state index in [9.17, 15) is 158 Å². The average Bonchev–Trinajstić information content (AvgIpc) is 0.762. The van der Waals surface area contributed by atoms with Gasteiger partial charge in [0.15, 0.2) is 50.3 Å². The van der Waals surface area contributed by atoms with Crippen LogP contribution in [0, 0.1) is 0 Å². The van der Waals surface area contributed by atoms with Crippen LogP contribution in [-0.4, -0.2) is 494 Å². The molecule has 45 atom stereocenters. The van der Waals surface area contributed by atoms with E-state index in [1.54, 1.807) is 0 Å². The summed E-state index contributed by atoms with van der Waals surface area (Å²) in [4.78, 5) is 12.3. The fourth-order valence-electron chi connectivity index (χ4n) is 13.3. The molecule has 0 aromatic heterocycles. The first-order chi connectivity index (χ1) is 49.2. The molecule has 0 aromatic carbocycles. The van der Waals surface area contributed by atoms with Crippen LogP contribution >= 0.6 is 0 Å². The summed E-state index contributed by atoms with van der Waals surface area (Å²) in [5, 5.41) is 327. The summed E-state index contributed by atoms with van der Waals surface area (Å²) in [5.41, 5.74) is 0. The monoisotopic (exact) mass is 1530 g/mol. The summed E-state index contributed by atoms with van der Waals surface area (Å²) in [7, 11) is 0. The molecule has 48 heteroatoms. The van der Waals surface area contributed by atoms with E-state index in [4.69, 9.17) is 80.5 Å². The van der Waals surface area contributed by atoms with Crippen molar-refractivity contribution in [3.8, 4) is 0 Å². The van der Waals surface area contributed by atoms with Gasteiger partial charge in [-0.2, -0.15) is 0 Å². The highest BCUT2D eigenvalue weighted by atomic mass is 16.8. The van der Waals surface area contributed by atoms with Gasteiger partial charge >= 0.3 is 5.97 Å². The van der Waals surface area contributed by atoms with Crippen molar-refractivity contribution in [3.05, 3.63) is 0 Å². The van der Waals surface area contributed by atoms with E-state index in [-0.39, 0.29) is 0 Å². The number of carboxylic acid groups (broad SMARTS) is 1. The van der Waals surface area contributed by atoms with Gasteiger partial charge in [-0.3, -0.25) is 0 Å². The molecule has 0 saturated carbocycles. The molecule has 606 valence electrons. The largest absolute Gasteiger partial charge is 0.477 e. The minimum absolute atomic E-state index is 0.949. The van der Waals surface area contributed by atoms with E-state index in [0.717, 1.165) is 0 Å². The van der Waals surface area contributed by atoms with E-state index in [2.05, 4.69) is 0 Å². The number of aliphatic hydroxyl groups excluding tert-OH is 28. The van der Waals surface area contributed by atoms with Crippen molar-refractivity contribution in [2.45, 2.75) is 282 Å². The topological polar surface area (TPSA) is 781 Å². The van der Waals surface area contributed by atoms with Crippen LogP contribution in [0.5, 0.6) is 0 Å². The fourth-order valence-corrected chi connectivity index (χ4v) is 13.3. The number of carboxylic acids is 1. The van der Waals surface area contributed by atoms with E-state index in [1.165, 1.54) is 0 Å². The number of rotatable bonds is 27. The minimum atomic E-state index is -3.35. The maximum absolute atomic E-state index is 12.7. The Bertz CT molecular complexity index is 2630. The lowest BCUT2D eigenvalue weighted by atomic mass is 9.92. The highest BCUT2D eigenvalue weighted by Gasteiger charge is 2.62. The number of aliphatic hydroxyl groups is 29. The predicted molar refractivity (Wildman–Crippen MR) is 308 cm³/mol. The Labute approximate surface area is 585 Å². The number of aliphatic carboxylic acids is 1. The lowest BCUT2D eigenvalue weighted by molar-refractivity contribution is -0.415. The molecule has 48 nitrogen and oxygen atoms in total. The molecule has 9 rings (SSSR count). The Morgan fingerprint density at radius 1 is 0.317 bits per heavy atom. The minimum Gasteiger partial charge on any atom is -0.477 e. The van der Waals surface area contributed by atoms with Gasteiger partial charge in [0.2, 0.25) is 0 Å². The van der Waals surface area contributed by atoms with Crippen LogP contribution in [0.3, 0.4) is 0 Å². The molecular formula is C56H94O48. The second kappa shape index (κ2) is 36.4. The smallest absolute Gasteiger partial charge is 0.364 e. The fraction of sp³-hybridized carbons (Fsp3) is 0.982. The van der Waals surface area contributed by atoms with Crippen molar-refractivity contribution in [2.75, 3.05) is 59.5 Å². The van der Waals surface area contributed by atoms with Crippen molar-refractivity contribution in [3.63, 3.8) is 0 Å². The molecule has 0 radical (unpaired) electrons. The quantitative estimate of drug-likeness (QED) is 0.0363. The normalized spacial score (nSPS) is 52.3. The third-order valence-corrected chi connectivity index (χ3v) is 19.3. The maximum atomic E-state index is 12.7. The van der Waals surface area contributed by atoms with Gasteiger partial charge in [0.1, 0.15) is 214 Å². The van der Waals surface area contributed by atoms with Crippen LogP contribution in [0.4, 0.5) is 0 Å². The molecule has 9 aliphatic rings. The molecule has 9 saturated heterocycles. The van der Waals surface area contributed by atoms with Crippen LogP contribution in [0.15, 0.2) is 0 Å². The standard InChI is InChI=1S/C56H94O48/c57-2-12(66)40-39(11(65)1-56(87,104-40)55(85)86)97-52-38(84)44(101-49-35(81)28(74)23(69)15(5-60)91-49)43(100-54-46(30(76)25(71)17(7-62)93-54)103-51-37(83)32(78)42(19(9-64)95-51)99-48-34(80)27(73)22(68)14(4-59)90-48)20(96-52)10-88-53-45(29(75)24(70)16(6-61)92-53)102-50-36(82)31(77)41(18(8-63)94-50)98-47-33(79)26(72)21(67)13(3-58)89-47/h11-54,57-84,87H,1-10H2,(H,85,86)/t11-,12-,13-,14-,15-,16-,17-,18-,19-,20-,21+,22+,23-,24-,25-,26+,27+,28+,29+,30+,31-,32-,33-,34-,35-,36-,37-,38-,39-,40-,41-,42-,43-,44-,45-,46-,47+,48+,49+,50-,51-,52-,53-,54+,56?/m1/s1. The molecule has 0 aromatic rings. The SMILES string of the molecule is O=C(O)C1(O)C[C@@H](O)[C@@H](O[C@H]2O[C@H](CO[C@@H]3O[C@H](CO)[C@@H](O)[C@H](O)[C@H]3O[C@H]3O[C@H](CO)[C@@H](O[C@@H]4O[C@H](CO)[C@H](O)[C@H](O)[C@H]4O)[C@H](O)[C@H]3O)[C@@H](O[C@@H]3O[C@H](CO)[C@@H](O)[C@H](O)[C@H]3O[C@H]3O[C@H](CO)[C@@H](O[C@@H]4O[C@H](CO)[C@H](O)[C@H](O)[C@H]4O)[C@H](O)[C@H]3O)[C@H](O[C@@H]3O[C@H](CO)[C@@H](O)[C@H](O)[C@H]3O)[C@H]2O)[C@@H]([C@H](O)CO)O1. The van der Waals surface area contributed by atoms with E-state index >= 15 is 0 Å². The van der Waals surface area contributed by atoms with E-state index < -0.39 is 348 Å². The average molecular weight is 1540 g/mol. The Kier molecular flexibility index (Phi) is 30.0. The molecule has 9 heterocycles. The molecule has 9 fully saturated rings. The molecule has 0 bridgehead atoms. The lowest BCUT2D eigenvalue weighted by Gasteiger charge is -2.52. The summed E-state index contributed by atoms with van der Waals surface area (Å²) >= 11 is 0. The van der Waals surface area contributed by atoms with Gasteiger partial charge in [0, 0.05) is 6.42 Å². The Hall–Kier alpha value is -2.37. The summed E-state index contributed by atoms with van der Waals surface area (Å²) in [6, 6.07) is 0. The van der Waals surface area contributed by atoms with Crippen LogP contribution in [-0.2, 0) is 85.3 Å². The highest BCUT2D eigenvalue weighted by Crippen LogP contribution is 2.41. The number of hydrogen-bond donors (Lipinski definition) is 30. The molecule has 0 aliphatic carbocycles. The second-order valence-corrected chi connectivity index (χ2v) is 26.2. The number of carbonyl (C=O) groups is 1. The van der Waals surface area contributed by atoms with Gasteiger partial charge in [0.25, 0.3) is 5.79 Å². The van der Waals surface area contributed by atoms with Crippen LogP contribution in [0.25, 0.3) is 0 Å². The molecule has 104 heavy (non-hydrogen) atoms. The predicted octanol–water partition coefficient (Wildman–Crippen LogP) is -20.8. The zero-order valence-electron chi connectivity index (χ0n) is 54.2. The van der Waals surface area contributed by atoms with Crippen molar-refractivity contribution in [2.24, 2.45) is 0 Å². The van der Waals surface area contributed by atoms with E-state index in [1.807, 2.05) is 0 Å².